The van der Waals surface area contributed by atoms with E-state index >= 15 is 0 Å². The van der Waals surface area contributed by atoms with Crippen LogP contribution in [0.5, 0.6) is 0 Å². The van der Waals surface area contributed by atoms with Crippen molar-refractivity contribution in [3.8, 4) is 0 Å². The van der Waals surface area contributed by atoms with Gasteiger partial charge in [0, 0.05) is 6.04 Å². The van der Waals surface area contributed by atoms with Crippen molar-refractivity contribution < 1.29 is 4.39 Å². The van der Waals surface area contributed by atoms with Crippen LogP contribution in [0.2, 0.25) is 5.02 Å². The lowest BCUT2D eigenvalue weighted by molar-refractivity contribution is 0.320. The molecule has 0 heterocycles. The highest BCUT2D eigenvalue weighted by Crippen LogP contribution is 2.29. The van der Waals surface area contributed by atoms with Gasteiger partial charge in [-0.05, 0) is 36.8 Å². The zero-order valence-corrected chi connectivity index (χ0v) is 11.9. The second-order valence-electron chi connectivity index (χ2n) is 5.44. The smallest absolute Gasteiger partial charge is 0.142 e. The van der Waals surface area contributed by atoms with Crippen molar-refractivity contribution in [3.63, 3.8) is 0 Å². The second kappa shape index (κ2) is 7.22. The minimum absolute atomic E-state index is 0.178. The predicted octanol–water partition coefficient (Wildman–Crippen LogP) is 3.82. The van der Waals surface area contributed by atoms with Gasteiger partial charge in [0.05, 0.1) is 5.02 Å². The summed E-state index contributed by atoms with van der Waals surface area (Å²) in [5.74, 6) is 5.91. The van der Waals surface area contributed by atoms with E-state index in [9.17, 15) is 4.39 Å². The molecule has 0 saturated heterocycles. The van der Waals surface area contributed by atoms with Gasteiger partial charge in [-0.25, -0.2) is 4.39 Å². The van der Waals surface area contributed by atoms with Gasteiger partial charge in [0.25, 0.3) is 0 Å². The predicted molar refractivity (Wildman–Crippen MR) is 77.4 cm³/mol. The fourth-order valence-electron chi connectivity index (χ4n) is 3.02. The Morgan fingerprint density at radius 2 is 1.95 bits per heavy atom. The SMILES string of the molecule is NNC(Cc1cccc(F)c1Cl)C1CCCCCC1. The van der Waals surface area contributed by atoms with Crippen LogP contribution in [0.3, 0.4) is 0 Å². The number of nitrogens with one attached hydrogen (secondary N) is 1. The molecule has 1 aromatic rings. The average molecular weight is 285 g/mol. The van der Waals surface area contributed by atoms with Crippen LogP contribution in [0.4, 0.5) is 4.39 Å². The molecular weight excluding hydrogens is 263 g/mol. The van der Waals surface area contributed by atoms with Gasteiger partial charge in [-0.15, -0.1) is 0 Å². The molecule has 0 amide bonds. The Balaban J connectivity index is 2.07. The van der Waals surface area contributed by atoms with Gasteiger partial charge in [-0.3, -0.25) is 11.3 Å². The normalized spacial score (nSPS) is 19.1. The first-order valence-electron chi connectivity index (χ1n) is 7.11. The van der Waals surface area contributed by atoms with Crippen molar-refractivity contribution >= 4 is 11.6 Å². The number of halogens is 2. The van der Waals surface area contributed by atoms with Gasteiger partial charge >= 0.3 is 0 Å². The molecule has 4 heteroatoms. The third-order valence-corrected chi connectivity index (χ3v) is 4.58. The average Bonchev–Trinajstić information content (AvgIpc) is 2.69. The number of rotatable bonds is 4. The first kappa shape index (κ1) is 14.8. The lowest BCUT2D eigenvalue weighted by Crippen LogP contribution is -2.42. The topological polar surface area (TPSA) is 38.0 Å². The van der Waals surface area contributed by atoms with Crippen molar-refractivity contribution in [2.24, 2.45) is 11.8 Å². The monoisotopic (exact) mass is 284 g/mol. The van der Waals surface area contributed by atoms with Crippen LogP contribution < -0.4 is 11.3 Å². The van der Waals surface area contributed by atoms with E-state index in [2.05, 4.69) is 5.43 Å². The summed E-state index contributed by atoms with van der Waals surface area (Å²) in [5, 5.41) is 0.233. The minimum Gasteiger partial charge on any atom is -0.271 e. The van der Waals surface area contributed by atoms with Gasteiger partial charge in [0.15, 0.2) is 0 Å². The zero-order chi connectivity index (χ0) is 13.7. The van der Waals surface area contributed by atoms with Crippen LogP contribution >= 0.6 is 11.6 Å². The largest absolute Gasteiger partial charge is 0.271 e. The maximum atomic E-state index is 13.5. The van der Waals surface area contributed by atoms with E-state index in [1.165, 1.54) is 44.6 Å². The summed E-state index contributed by atoms with van der Waals surface area (Å²) < 4.78 is 13.5. The first-order chi connectivity index (χ1) is 9.22. The molecule has 1 aliphatic carbocycles. The van der Waals surface area contributed by atoms with Gasteiger partial charge in [0.2, 0.25) is 0 Å². The van der Waals surface area contributed by atoms with Crippen molar-refractivity contribution in [3.05, 3.63) is 34.6 Å². The molecule has 1 aromatic carbocycles. The lowest BCUT2D eigenvalue weighted by Gasteiger charge is -2.26. The molecule has 0 aromatic heterocycles. The van der Waals surface area contributed by atoms with Crippen LogP contribution in [0.1, 0.15) is 44.1 Å². The molecule has 0 aliphatic heterocycles. The maximum Gasteiger partial charge on any atom is 0.142 e. The Labute approximate surface area is 119 Å². The molecule has 2 nitrogen and oxygen atoms in total. The van der Waals surface area contributed by atoms with Crippen molar-refractivity contribution in [2.45, 2.75) is 51.0 Å². The molecule has 19 heavy (non-hydrogen) atoms. The first-order valence-corrected chi connectivity index (χ1v) is 7.49. The summed E-state index contributed by atoms with van der Waals surface area (Å²) >= 11 is 6.02. The number of hydrazine groups is 1. The maximum absolute atomic E-state index is 13.5. The van der Waals surface area contributed by atoms with E-state index in [1.807, 2.05) is 6.07 Å². The highest BCUT2D eigenvalue weighted by Gasteiger charge is 2.23. The highest BCUT2D eigenvalue weighted by molar-refractivity contribution is 6.31. The van der Waals surface area contributed by atoms with Gasteiger partial charge in [0.1, 0.15) is 5.82 Å². The van der Waals surface area contributed by atoms with E-state index in [4.69, 9.17) is 17.4 Å². The minimum atomic E-state index is -0.351. The Morgan fingerprint density at radius 3 is 2.58 bits per heavy atom. The molecule has 1 aliphatic rings. The van der Waals surface area contributed by atoms with Gasteiger partial charge < -0.3 is 0 Å². The Morgan fingerprint density at radius 1 is 1.26 bits per heavy atom. The fourth-order valence-corrected chi connectivity index (χ4v) is 3.22. The molecule has 0 bridgehead atoms. The molecule has 1 unspecified atom stereocenters. The van der Waals surface area contributed by atoms with Crippen LogP contribution in [0.25, 0.3) is 0 Å². The van der Waals surface area contributed by atoms with Crippen molar-refractivity contribution in [1.82, 2.24) is 5.43 Å². The lowest BCUT2D eigenvalue weighted by atomic mass is 9.88. The number of nitrogens with two attached hydrogens (primary N) is 1. The van der Waals surface area contributed by atoms with Gasteiger partial charge in [-0.1, -0.05) is 49.4 Å². The number of hydrogen-bond acceptors (Lipinski definition) is 2. The molecule has 0 radical (unpaired) electrons. The highest BCUT2D eigenvalue weighted by atomic mass is 35.5. The molecule has 2 rings (SSSR count). The molecule has 1 atom stereocenters. The van der Waals surface area contributed by atoms with Crippen molar-refractivity contribution in [1.29, 1.82) is 0 Å². The van der Waals surface area contributed by atoms with E-state index in [1.54, 1.807) is 6.07 Å². The summed E-state index contributed by atoms with van der Waals surface area (Å²) in [7, 11) is 0. The van der Waals surface area contributed by atoms with Gasteiger partial charge in [-0.2, -0.15) is 0 Å². The Hall–Kier alpha value is -0.640. The van der Waals surface area contributed by atoms with Crippen LogP contribution in [0.15, 0.2) is 18.2 Å². The molecule has 1 fully saturated rings. The van der Waals surface area contributed by atoms with E-state index in [0.29, 0.717) is 12.3 Å². The Kier molecular flexibility index (Phi) is 5.61. The summed E-state index contributed by atoms with van der Waals surface area (Å²) in [6.07, 6.45) is 8.24. The molecule has 1 saturated carbocycles. The van der Waals surface area contributed by atoms with Crippen LogP contribution in [0, 0.1) is 11.7 Å². The van der Waals surface area contributed by atoms with Crippen molar-refractivity contribution in [2.75, 3.05) is 0 Å². The van der Waals surface area contributed by atoms with Crippen LogP contribution in [-0.4, -0.2) is 6.04 Å². The zero-order valence-electron chi connectivity index (χ0n) is 11.2. The Bertz CT molecular complexity index is 403. The second-order valence-corrected chi connectivity index (χ2v) is 5.82. The van der Waals surface area contributed by atoms with E-state index < -0.39 is 0 Å². The summed E-state index contributed by atoms with van der Waals surface area (Å²) in [6.45, 7) is 0. The van der Waals surface area contributed by atoms with E-state index in [0.717, 1.165) is 5.56 Å². The number of benzene rings is 1. The summed E-state index contributed by atoms with van der Waals surface area (Å²) in [6, 6.07) is 5.16. The molecular formula is C15H22ClFN2. The summed E-state index contributed by atoms with van der Waals surface area (Å²) in [5.41, 5.74) is 3.76. The van der Waals surface area contributed by atoms with E-state index in [-0.39, 0.29) is 16.9 Å². The molecule has 0 spiro atoms. The fraction of sp³-hybridized carbons (Fsp3) is 0.600. The van der Waals surface area contributed by atoms with Crippen LogP contribution in [-0.2, 0) is 6.42 Å². The molecule has 106 valence electrons. The summed E-state index contributed by atoms with van der Waals surface area (Å²) in [4.78, 5) is 0. The molecule has 3 N–H and O–H groups in total. The quantitative estimate of drug-likeness (QED) is 0.501. The third-order valence-electron chi connectivity index (χ3n) is 4.15. The number of hydrogen-bond donors (Lipinski definition) is 2. The standard InChI is InChI=1S/C15H22ClFN2/c16-15-12(8-5-9-13(15)17)10-14(19-18)11-6-3-1-2-4-7-11/h5,8-9,11,14,19H,1-4,6-7,10,18H2. The third kappa shape index (κ3) is 3.91.